The summed E-state index contributed by atoms with van der Waals surface area (Å²) in [4.78, 5) is 27.0. The van der Waals surface area contributed by atoms with Gasteiger partial charge in [0.25, 0.3) is 5.91 Å². The predicted molar refractivity (Wildman–Crippen MR) is 86.0 cm³/mol. The van der Waals surface area contributed by atoms with Crippen LogP contribution in [0.5, 0.6) is 0 Å². The Hall–Kier alpha value is -2.93. The highest BCUT2D eigenvalue weighted by molar-refractivity contribution is 6.04. The third-order valence-corrected chi connectivity index (χ3v) is 4.11. The van der Waals surface area contributed by atoms with Crippen molar-refractivity contribution < 1.29 is 9.59 Å². The Bertz CT molecular complexity index is 777. The molecule has 0 aliphatic carbocycles. The van der Waals surface area contributed by atoms with Crippen molar-refractivity contribution in [3.8, 4) is 6.07 Å². The van der Waals surface area contributed by atoms with Crippen molar-refractivity contribution in [2.45, 2.75) is 18.9 Å². The fourth-order valence-corrected chi connectivity index (χ4v) is 2.96. The molecule has 4 nitrogen and oxygen atoms in total. The highest BCUT2D eigenvalue weighted by atomic mass is 16.2. The van der Waals surface area contributed by atoms with E-state index in [0.717, 1.165) is 6.42 Å². The molecular formula is C19H16N2O2. The maximum absolute atomic E-state index is 12.7. The van der Waals surface area contributed by atoms with Crippen molar-refractivity contribution in [3.05, 3.63) is 71.3 Å². The SMILES string of the molecule is N#Cc1cccc(C(=O)N2CCCC2C(=O)c2ccccc2)c1. The zero-order valence-corrected chi connectivity index (χ0v) is 12.6. The molecule has 1 atom stereocenters. The monoisotopic (exact) mass is 304 g/mol. The van der Waals surface area contributed by atoms with Crippen molar-refractivity contribution in [3.63, 3.8) is 0 Å². The number of amides is 1. The van der Waals surface area contributed by atoms with E-state index in [1.54, 1.807) is 41.3 Å². The number of hydrogen-bond donors (Lipinski definition) is 0. The number of rotatable bonds is 3. The minimum Gasteiger partial charge on any atom is -0.328 e. The summed E-state index contributed by atoms with van der Waals surface area (Å²) < 4.78 is 0. The molecular weight excluding hydrogens is 288 g/mol. The zero-order chi connectivity index (χ0) is 16.2. The molecule has 1 aliphatic rings. The molecule has 0 N–H and O–H groups in total. The lowest BCUT2D eigenvalue weighted by Gasteiger charge is -2.24. The van der Waals surface area contributed by atoms with Gasteiger partial charge in [0.15, 0.2) is 5.78 Å². The molecule has 1 fully saturated rings. The van der Waals surface area contributed by atoms with Crippen LogP contribution in [0.1, 0.15) is 39.1 Å². The molecule has 0 spiro atoms. The van der Waals surface area contributed by atoms with Gasteiger partial charge >= 0.3 is 0 Å². The second-order valence-corrected chi connectivity index (χ2v) is 5.58. The van der Waals surface area contributed by atoms with Crippen LogP contribution in [0, 0.1) is 11.3 Å². The van der Waals surface area contributed by atoms with Crippen LogP contribution >= 0.6 is 0 Å². The van der Waals surface area contributed by atoms with Gasteiger partial charge in [-0.2, -0.15) is 5.26 Å². The van der Waals surface area contributed by atoms with E-state index in [0.29, 0.717) is 29.7 Å². The third-order valence-electron chi connectivity index (χ3n) is 4.11. The van der Waals surface area contributed by atoms with Gasteiger partial charge in [-0.1, -0.05) is 36.4 Å². The maximum atomic E-state index is 12.7. The first kappa shape index (κ1) is 15.0. The molecule has 4 heteroatoms. The van der Waals surface area contributed by atoms with Gasteiger partial charge in [0.1, 0.15) is 0 Å². The van der Waals surface area contributed by atoms with Crippen molar-refractivity contribution in [2.75, 3.05) is 6.54 Å². The highest BCUT2D eigenvalue weighted by Gasteiger charge is 2.34. The Morgan fingerprint density at radius 3 is 2.52 bits per heavy atom. The number of ketones is 1. The summed E-state index contributed by atoms with van der Waals surface area (Å²) in [5.74, 6) is -0.207. The number of carbonyl (C=O) groups excluding carboxylic acids is 2. The number of hydrogen-bond acceptors (Lipinski definition) is 3. The van der Waals surface area contributed by atoms with Gasteiger partial charge in [-0.05, 0) is 31.0 Å². The molecule has 0 saturated carbocycles. The van der Waals surface area contributed by atoms with Crippen LogP contribution in [-0.2, 0) is 0 Å². The molecule has 0 bridgehead atoms. The summed E-state index contributed by atoms with van der Waals surface area (Å²) in [6, 6.07) is 17.3. The summed E-state index contributed by atoms with van der Waals surface area (Å²) in [7, 11) is 0. The van der Waals surface area contributed by atoms with E-state index in [4.69, 9.17) is 5.26 Å². The molecule has 23 heavy (non-hydrogen) atoms. The van der Waals surface area contributed by atoms with E-state index < -0.39 is 6.04 Å². The summed E-state index contributed by atoms with van der Waals surface area (Å²) >= 11 is 0. The van der Waals surface area contributed by atoms with Crippen molar-refractivity contribution >= 4 is 11.7 Å². The Morgan fingerprint density at radius 2 is 1.78 bits per heavy atom. The number of benzene rings is 2. The molecule has 1 amide bonds. The Morgan fingerprint density at radius 1 is 1.04 bits per heavy atom. The molecule has 1 heterocycles. The quantitative estimate of drug-likeness (QED) is 0.819. The lowest BCUT2D eigenvalue weighted by atomic mass is 10.0. The van der Waals surface area contributed by atoms with Crippen LogP contribution in [0.4, 0.5) is 0 Å². The fourth-order valence-electron chi connectivity index (χ4n) is 2.96. The lowest BCUT2D eigenvalue weighted by molar-refractivity contribution is 0.0671. The van der Waals surface area contributed by atoms with Gasteiger partial charge in [0.2, 0.25) is 0 Å². The summed E-state index contributed by atoms with van der Waals surface area (Å²) in [5, 5.41) is 8.97. The average molecular weight is 304 g/mol. The zero-order valence-electron chi connectivity index (χ0n) is 12.6. The molecule has 114 valence electrons. The number of likely N-dealkylation sites (tertiary alicyclic amines) is 1. The Kier molecular flexibility index (Phi) is 4.20. The molecule has 1 saturated heterocycles. The minimum absolute atomic E-state index is 0.0205. The number of nitriles is 1. The van der Waals surface area contributed by atoms with Crippen LogP contribution < -0.4 is 0 Å². The van der Waals surface area contributed by atoms with E-state index in [9.17, 15) is 9.59 Å². The summed E-state index contributed by atoms with van der Waals surface area (Å²) in [6.07, 6.45) is 1.49. The van der Waals surface area contributed by atoms with Crippen molar-refractivity contribution in [2.24, 2.45) is 0 Å². The highest BCUT2D eigenvalue weighted by Crippen LogP contribution is 2.23. The third kappa shape index (κ3) is 3.00. The first-order valence-electron chi connectivity index (χ1n) is 7.61. The average Bonchev–Trinajstić information content (AvgIpc) is 3.11. The largest absolute Gasteiger partial charge is 0.328 e. The van der Waals surface area contributed by atoms with E-state index in [1.165, 1.54) is 0 Å². The van der Waals surface area contributed by atoms with E-state index >= 15 is 0 Å². The topological polar surface area (TPSA) is 61.2 Å². The second-order valence-electron chi connectivity index (χ2n) is 5.58. The van der Waals surface area contributed by atoms with Crippen LogP contribution in [0.3, 0.4) is 0 Å². The second kappa shape index (κ2) is 6.45. The van der Waals surface area contributed by atoms with Gasteiger partial charge in [-0.3, -0.25) is 9.59 Å². The first-order valence-corrected chi connectivity index (χ1v) is 7.61. The van der Waals surface area contributed by atoms with Gasteiger partial charge in [0, 0.05) is 17.7 Å². The molecule has 1 aliphatic heterocycles. The van der Waals surface area contributed by atoms with Crippen molar-refractivity contribution in [1.29, 1.82) is 5.26 Å². The molecule has 0 aromatic heterocycles. The van der Waals surface area contributed by atoms with Crippen LogP contribution in [0.2, 0.25) is 0 Å². The van der Waals surface area contributed by atoms with E-state index in [-0.39, 0.29) is 11.7 Å². The molecule has 3 rings (SSSR count). The number of nitrogens with zero attached hydrogens (tertiary/aromatic N) is 2. The number of carbonyl (C=O) groups is 2. The van der Waals surface area contributed by atoms with Gasteiger partial charge in [0.05, 0.1) is 17.7 Å². The molecule has 2 aromatic rings. The van der Waals surface area contributed by atoms with Gasteiger partial charge in [-0.15, -0.1) is 0 Å². The van der Waals surface area contributed by atoms with Crippen LogP contribution in [-0.4, -0.2) is 29.2 Å². The maximum Gasteiger partial charge on any atom is 0.254 e. The fraction of sp³-hybridized carbons (Fsp3) is 0.211. The Labute approximate surface area is 135 Å². The van der Waals surface area contributed by atoms with Crippen LogP contribution in [0.25, 0.3) is 0 Å². The molecule has 1 unspecified atom stereocenters. The van der Waals surface area contributed by atoms with E-state index in [1.807, 2.05) is 24.3 Å². The summed E-state index contributed by atoms with van der Waals surface area (Å²) in [5.41, 5.74) is 1.53. The minimum atomic E-state index is -0.421. The first-order chi connectivity index (χ1) is 11.2. The number of Topliss-reactive ketones (excluding diaryl/α,β-unsaturated/α-hetero) is 1. The normalized spacial score (nSPS) is 16.8. The molecule has 0 radical (unpaired) electrons. The standard InChI is InChI=1S/C19H16N2O2/c20-13-14-6-4-9-16(12-14)19(23)21-11-5-10-17(21)18(22)15-7-2-1-3-8-15/h1-4,6-9,12,17H,5,10-11H2. The van der Waals surface area contributed by atoms with Crippen molar-refractivity contribution in [1.82, 2.24) is 4.90 Å². The van der Waals surface area contributed by atoms with Crippen LogP contribution in [0.15, 0.2) is 54.6 Å². The lowest BCUT2D eigenvalue weighted by Crippen LogP contribution is -2.40. The molecule has 2 aromatic carbocycles. The smallest absolute Gasteiger partial charge is 0.254 e. The van der Waals surface area contributed by atoms with Gasteiger partial charge in [-0.25, -0.2) is 0 Å². The summed E-state index contributed by atoms with van der Waals surface area (Å²) in [6.45, 7) is 0.568. The van der Waals surface area contributed by atoms with E-state index in [2.05, 4.69) is 0 Å². The predicted octanol–water partition coefficient (Wildman–Crippen LogP) is 3.05. The Balaban J connectivity index is 1.85. The van der Waals surface area contributed by atoms with Gasteiger partial charge < -0.3 is 4.90 Å².